The van der Waals surface area contributed by atoms with Gasteiger partial charge in [-0.3, -0.25) is 0 Å². The lowest BCUT2D eigenvalue weighted by atomic mass is 10.1. The second kappa shape index (κ2) is 7.67. The molecule has 0 bridgehead atoms. The van der Waals surface area contributed by atoms with Crippen LogP contribution in [0, 0.1) is 6.92 Å². The number of piperidine rings is 1. The minimum atomic E-state index is -3.55. The van der Waals surface area contributed by atoms with Crippen molar-refractivity contribution in [2.45, 2.75) is 31.2 Å². The molecule has 152 valence electrons. The van der Waals surface area contributed by atoms with Crippen molar-refractivity contribution in [2.75, 3.05) is 49.1 Å². The Bertz CT molecular complexity index is 929. The van der Waals surface area contributed by atoms with Crippen molar-refractivity contribution in [1.82, 2.24) is 23.8 Å². The minimum absolute atomic E-state index is 0.105. The number of piperazine rings is 1. The van der Waals surface area contributed by atoms with Gasteiger partial charge in [-0.1, -0.05) is 0 Å². The molecule has 2 aromatic heterocycles. The molecule has 0 spiro atoms. The second-order valence-corrected chi connectivity index (χ2v) is 9.33. The van der Waals surface area contributed by atoms with E-state index in [0.717, 1.165) is 30.5 Å². The van der Waals surface area contributed by atoms with E-state index in [0.29, 0.717) is 26.2 Å². The molecule has 0 saturated carbocycles. The lowest BCUT2D eigenvalue weighted by Crippen LogP contribution is -2.49. The highest BCUT2D eigenvalue weighted by atomic mass is 32.2. The number of aromatic nitrogens is 4. The first-order valence-corrected chi connectivity index (χ1v) is 11.2. The number of rotatable bonds is 4. The van der Waals surface area contributed by atoms with Crippen molar-refractivity contribution in [1.29, 1.82) is 0 Å². The highest BCUT2D eigenvalue weighted by Crippen LogP contribution is 2.24. The molecule has 0 atom stereocenters. The lowest BCUT2D eigenvalue weighted by molar-refractivity contribution is 0.382. The van der Waals surface area contributed by atoms with Gasteiger partial charge in [0.15, 0.2) is 5.03 Å². The molecule has 9 nitrogen and oxygen atoms in total. The summed E-state index contributed by atoms with van der Waals surface area (Å²) in [5, 5.41) is 0.105. The quantitative estimate of drug-likeness (QED) is 0.750. The Morgan fingerprint density at radius 1 is 0.893 bits per heavy atom. The van der Waals surface area contributed by atoms with Crippen molar-refractivity contribution >= 4 is 21.7 Å². The van der Waals surface area contributed by atoms with E-state index in [4.69, 9.17) is 0 Å². The average molecular weight is 406 g/mol. The summed E-state index contributed by atoms with van der Waals surface area (Å²) in [6.07, 6.45) is 6.72. The largest absolute Gasteiger partial charge is 0.356 e. The zero-order chi connectivity index (χ0) is 19.7. The lowest BCUT2D eigenvalue weighted by Gasteiger charge is -2.35. The summed E-state index contributed by atoms with van der Waals surface area (Å²) >= 11 is 0. The molecular formula is C18H27N7O2S. The van der Waals surface area contributed by atoms with Crippen molar-refractivity contribution < 1.29 is 8.42 Å². The number of hydrogen-bond acceptors (Lipinski definition) is 7. The summed E-state index contributed by atoms with van der Waals surface area (Å²) in [6.45, 7) is 6.02. The molecular weight excluding hydrogens is 378 g/mol. The fourth-order valence-electron chi connectivity index (χ4n) is 3.80. The van der Waals surface area contributed by atoms with Crippen LogP contribution in [0.15, 0.2) is 23.6 Å². The molecule has 0 aliphatic carbocycles. The maximum absolute atomic E-state index is 12.8. The first kappa shape index (κ1) is 19.1. The zero-order valence-electron chi connectivity index (χ0n) is 16.5. The molecule has 2 fully saturated rings. The topological polar surface area (TPSA) is 87.5 Å². The zero-order valence-corrected chi connectivity index (χ0v) is 17.3. The van der Waals surface area contributed by atoms with Crippen LogP contribution < -0.4 is 9.80 Å². The summed E-state index contributed by atoms with van der Waals surface area (Å²) in [5.74, 6) is 2.61. The van der Waals surface area contributed by atoms with Gasteiger partial charge in [-0.15, -0.1) is 0 Å². The van der Waals surface area contributed by atoms with Gasteiger partial charge in [-0.25, -0.2) is 23.4 Å². The summed E-state index contributed by atoms with van der Waals surface area (Å²) in [7, 11) is -1.78. The number of sulfonamides is 1. The standard InChI is InChI=1S/C18H27N7O2S/c1-15-20-16(23-6-4-3-5-7-23)12-17(21-15)24-8-10-25(11-9-24)28(26,27)18-13-22(2)14-19-18/h12-14H,3-11H2,1-2H3. The van der Waals surface area contributed by atoms with Gasteiger partial charge in [-0.2, -0.15) is 4.31 Å². The van der Waals surface area contributed by atoms with Gasteiger partial charge in [0, 0.05) is 58.6 Å². The predicted molar refractivity (Wildman–Crippen MR) is 107 cm³/mol. The molecule has 28 heavy (non-hydrogen) atoms. The molecule has 2 aliphatic rings. The average Bonchev–Trinajstić information content (AvgIpc) is 3.15. The van der Waals surface area contributed by atoms with Crippen molar-refractivity contribution in [3.8, 4) is 0 Å². The molecule has 2 aliphatic heterocycles. The number of hydrogen-bond donors (Lipinski definition) is 0. The van der Waals surface area contributed by atoms with E-state index < -0.39 is 10.0 Å². The van der Waals surface area contributed by atoms with Crippen LogP contribution in [0.1, 0.15) is 25.1 Å². The Labute approximate surface area is 166 Å². The number of aryl methyl sites for hydroxylation is 2. The number of anilines is 2. The Morgan fingerprint density at radius 2 is 1.50 bits per heavy atom. The summed E-state index contributed by atoms with van der Waals surface area (Å²) < 4.78 is 28.7. The molecule has 0 N–H and O–H groups in total. The normalized spacial score (nSPS) is 19.2. The molecule has 0 amide bonds. The predicted octanol–water partition coefficient (Wildman–Crippen LogP) is 1.02. The molecule has 0 aromatic carbocycles. The Kier molecular flexibility index (Phi) is 5.24. The first-order valence-electron chi connectivity index (χ1n) is 9.77. The van der Waals surface area contributed by atoms with E-state index in [9.17, 15) is 8.42 Å². The molecule has 2 aromatic rings. The van der Waals surface area contributed by atoms with Crippen molar-refractivity contribution in [3.05, 3.63) is 24.4 Å². The number of imidazole rings is 1. The molecule has 10 heteroatoms. The van der Waals surface area contributed by atoms with Gasteiger partial charge in [0.1, 0.15) is 17.5 Å². The Balaban J connectivity index is 1.47. The highest BCUT2D eigenvalue weighted by Gasteiger charge is 2.30. The van der Waals surface area contributed by atoms with Crippen LogP contribution in [0.5, 0.6) is 0 Å². The molecule has 4 rings (SSSR count). The van der Waals surface area contributed by atoms with Crippen molar-refractivity contribution in [3.63, 3.8) is 0 Å². The van der Waals surface area contributed by atoms with Crippen LogP contribution >= 0.6 is 0 Å². The number of nitrogens with zero attached hydrogens (tertiary/aromatic N) is 7. The fraction of sp³-hybridized carbons (Fsp3) is 0.611. The van der Waals surface area contributed by atoms with Crippen molar-refractivity contribution in [2.24, 2.45) is 7.05 Å². The van der Waals surface area contributed by atoms with E-state index >= 15 is 0 Å². The molecule has 0 radical (unpaired) electrons. The third kappa shape index (κ3) is 3.83. The Morgan fingerprint density at radius 3 is 2.07 bits per heavy atom. The van der Waals surface area contributed by atoms with Gasteiger partial charge >= 0.3 is 0 Å². The van der Waals surface area contributed by atoms with Crippen LogP contribution in [0.3, 0.4) is 0 Å². The fourth-order valence-corrected chi connectivity index (χ4v) is 5.18. The van der Waals surface area contributed by atoms with Crippen LogP contribution in [-0.2, 0) is 17.1 Å². The third-order valence-electron chi connectivity index (χ3n) is 5.34. The molecule has 2 saturated heterocycles. The minimum Gasteiger partial charge on any atom is -0.356 e. The van der Waals surface area contributed by atoms with Gasteiger partial charge in [-0.05, 0) is 26.2 Å². The monoisotopic (exact) mass is 405 g/mol. The first-order chi connectivity index (χ1) is 13.4. The summed E-state index contributed by atoms with van der Waals surface area (Å²) in [4.78, 5) is 17.7. The second-order valence-electron chi connectivity index (χ2n) is 7.45. The van der Waals surface area contributed by atoms with Crippen LogP contribution in [0.4, 0.5) is 11.6 Å². The van der Waals surface area contributed by atoms with Crippen LogP contribution in [0.25, 0.3) is 0 Å². The summed E-state index contributed by atoms with van der Waals surface area (Å²) in [5.41, 5.74) is 0. The van der Waals surface area contributed by atoms with E-state index in [2.05, 4.69) is 24.8 Å². The van der Waals surface area contributed by atoms with Crippen LogP contribution in [-0.4, -0.2) is 71.5 Å². The maximum atomic E-state index is 12.8. The van der Waals surface area contributed by atoms with E-state index in [1.165, 1.54) is 29.9 Å². The van der Waals surface area contributed by atoms with Gasteiger partial charge in [0.25, 0.3) is 10.0 Å². The van der Waals surface area contributed by atoms with E-state index in [-0.39, 0.29) is 5.03 Å². The van der Waals surface area contributed by atoms with E-state index in [1.54, 1.807) is 17.8 Å². The highest BCUT2D eigenvalue weighted by molar-refractivity contribution is 7.89. The van der Waals surface area contributed by atoms with E-state index in [1.807, 2.05) is 13.0 Å². The SMILES string of the molecule is Cc1nc(N2CCCCC2)cc(N2CCN(S(=O)(=O)c3cn(C)cn3)CC2)n1. The molecule has 4 heterocycles. The van der Waals surface area contributed by atoms with Gasteiger partial charge in [0.05, 0.1) is 6.33 Å². The smallest absolute Gasteiger partial charge is 0.262 e. The van der Waals surface area contributed by atoms with Gasteiger partial charge in [0.2, 0.25) is 0 Å². The van der Waals surface area contributed by atoms with Crippen LogP contribution in [0.2, 0.25) is 0 Å². The maximum Gasteiger partial charge on any atom is 0.262 e. The Hall–Kier alpha value is -2.20. The molecule has 0 unspecified atom stereocenters. The third-order valence-corrected chi connectivity index (χ3v) is 7.12. The summed E-state index contributed by atoms with van der Waals surface area (Å²) in [6, 6.07) is 2.04. The van der Waals surface area contributed by atoms with Gasteiger partial charge < -0.3 is 14.4 Å².